The monoisotopic (exact) mass is 326 g/mol. The zero-order chi connectivity index (χ0) is 16.5. The first-order valence-electron chi connectivity index (χ1n) is 8.59. The molecule has 0 unspecified atom stereocenters. The number of ether oxygens (including phenoxy) is 1. The minimum absolute atomic E-state index is 0.374. The van der Waals surface area contributed by atoms with E-state index in [4.69, 9.17) is 9.26 Å². The lowest BCUT2D eigenvalue weighted by molar-refractivity contribution is -0.0115. The van der Waals surface area contributed by atoms with Crippen LogP contribution in [-0.4, -0.2) is 32.6 Å². The third-order valence-electron chi connectivity index (χ3n) is 4.87. The first-order valence-corrected chi connectivity index (χ1v) is 8.59. The van der Waals surface area contributed by atoms with E-state index in [1.165, 1.54) is 0 Å². The number of hydrogen-bond donors (Lipinski definition) is 0. The zero-order valence-corrected chi connectivity index (χ0v) is 14.1. The molecular formula is C18H22N4O2. The van der Waals surface area contributed by atoms with Crippen LogP contribution in [0.3, 0.4) is 0 Å². The van der Waals surface area contributed by atoms with E-state index in [1.807, 2.05) is 30.1 Å². The van der Waals surface area contributed by atoms with Crippen LogP contribution in [0.1, 0.15) is 32.1 Å². The average Bonchev–Trinajstić information content (AvgIpc) is 3.22. The van der Waals surface area contributed by atoms with Crippen molar-refractivity contribution < 1.29 is 9.26 Å². The second-order valence-corrected chi connectivity index (χ2v) is 6.55. The predicted molar refractivity (Wildman–Crippen MR) is 90.5 cm³/mol. The molecule has 1 aromatic carbocycles. The molecule has 6 nitrogen and oxygen atoms in total. The van der Waals surface area contributed by atoms with E-state index in [0.717, 1.165) is 54.6 Å². The Morgan fingerprint density at radius 1 is 1.33 bits per heavy atom. The second-order valence-electron chi connectivity index (χ2n) is 6.55. The van der Waals surface area contributed by atoms with Crippen molar-refractivity contribution in [2.75, 3.05) is 6.61 Å². The molecule has 24 heavy (non-hydrogen) atoms. The van der Waals surface area contributed by atoms with Crippen LogP contribution in [0.4, 0.5) is 0 Å². The summed E-state index contributed by atoms with van der Waals surface area (Å²) in [5.41, 5.74) is 2.02. The molecule has 0 amide bonds. The Morgan fingerprint density at radius 3 is 3.12 bits per heavy atom. The van der Waals surface area contributed by atoms with Crippen LogP contribution in [-0.2, 0) is 18.2 Å². The van der Waals surface area contributed by atoms with E-state index in [-0.39, 0.29) is 0 Å². The molecule has 0 radical (unpaired) electrons. The van der Waals surface area contributed by atoms with Gasteiger partial charge in [-0.15, -0.1) is 0 Å². The highest BCUT2D eigenvalue weighted by atomic mass is 16.5. The van der Waals surface area contributed by atoms with Crippen molar-refractivity contribution in [3.8, 4) is 11.4 Å². The van der Waals surface area contributed by atoms with Crippen molar-refractivity contribution in [2.24, 2.45) is 13.0 Å². The van der Waals surface area contributed by atoms with Gasteiger partial charge in [-0.1, -0.05) is 24.2 Å². The van der Waals surface area contributed by atoms with Crippen LogP contribution in [0.5, 0.6) is 0 Å². The Balaban J connectivity index is 1.52. The van der Waals surface area contributed by atoms with Gasteiger partial charge in [-0.3, -0.25) is 4.68 Å². The predicted octanol–water partition coefficient (Wildman–Crippen LogP) is 3.37. The Morgan fingerprint density at radius 2 is 2.25 bits per heavy atom. The molecule has 6 heteroatoms. The number of hydrogen-bond acceptors (Lipinski definition) is 5. The third kappa shape index (κ3) is 2.94. The summed E-state index contributed by atoms with van der Waals surface area (Å²) in [5, 5.41) is 9.54. The second kappa shape index (κ2) is 6.36. The lowest BCUT2D eigenvalue weighted by Crippen LogP contribution is -2.26. The molecular weight excluding hydrogens is 304 g/mol. The van der Waals surface area contributed by atoms with E-state index in [0.29, 0.717) is 17.8 Å². The minimum atomic E-state index is 0.374. The summed E-state index contributed by atoms with van der Waals surface area (Å²) in [6.07, 6.45) is 6.27. The largest absolute Gasteiger partial charge is 0.378 e. The maximum absolute atomic E-state index is 5.74. The van der Waals surface area contributed by atoms with Gasteiger partial charge in [0, 0.05) is 31.0 Å². The molecule has 0 N–H and O–H groups in total. The lowest BCUT2D eigenvalue weighted by Gasteiger charge is -2.27. The minimum Gasteiger partial charge on any atom is -0.378 e. The van der Waals surface area contributed by atoms with Gasteiger partial charge in [0.1, 0.15) is 0 Å². The van der Waals surface area contributed by atoms with Crippen molar-refractivity contribution in [3.05, 3.63) is 30.3 Å². The van der Waals surface area contributed by atoms with E-state index < -0.39 is 0 Å². The highest BCUT2D eigenvalue weighted by Gasteiger charge is 2.23. The molecule has 2 atom stereocenters. The Hall–Kier alpha value is -2.21. The maximum atomic E-state index is 5.74. The maximum Gasteiger partial charge on any atom is 0.227 e. The fourth-order valence-electron chi connectivity index (χ4n) is 3.41. The van der Waals surface area contributed by atoms with Crippen LogP contribution in [0.2, 0.25) is 0 Å². The van der Waals surface area contributed by atoms with Crippen molar-refractivity contribution in [1.82, 2.24) is 19.9 Å². The van der Waals surface area contributed by atoms with Crippen LogP contribution < -0.4 is 0 Å². The fourth-order valence-corrected chi connectivity index (χ4v) is 3.41. The van der Waals surface area contributed by atoms with E-state index in [9.17, 15) is 0 Å². The number of aromatic nitrogens is 4. The van der Waals surface area contributed by atoms with Crippen LogP contribution in [0.25, 0.3) is 22.3 Å². The van der Waals surface area contributed by atoms with Crippen molar-refractivity contribution >= 4 is 10.9 Å². The van der Waals surface area contributed by atoms with Crippen molar-refractivity contribution in [3.63, 3.8) is 0 Å². The van der Waals surface area contributed by atoms with Crippen molar-refractivity contribution in [2.45, 2.75) is 38.7 Å². The van der Waals surface area contributed by atoms with Crippen LogP contribution in [0.15, 0.2) is 28.9 Å². The first kappa shape index (κ1) is 15.3. The summed E-state index contributed by atoms with van der Waals surface area (Å²) < 4.78 is 13.1. The van der Waals surface area contributed by atoms with Gasteiger partial charge in [-0.25, -0.2) is 0 Å². The van der Waals surface area contributed by atoms with E-state index in [2.05, 4.69) is 28.2 Å². The lowest BCUT2D eigenvalue weighted by atomic mass is 9.91. The Kier molecular flexibility index (Phi) is 4.06. The summed E-state index contributed by atoms with van der Waals surface area (Å²) in [7, 11) is 1.93. The normalized spacial score (nSPS) is 21.4. The Bertz CT molecular complexity index is 839. The number of benzene rings is 1. The highest BCUT2D eigenvalue weighted by molar-refractivity contribution is 5.83. The standard InChI is InChI=1S/C18H22N4O2/c1-3-15-8-12(6-7-23-15)9-17-20-18(21-24-17)13-4-5-14-11-19-22(2)16(14)10-13/h4-5,10-12,15H,3,6-9H2,1-2H3/t12-,15-/m1/s1. The molecule has 0 spiro atoms. The van der Waals surface area contributed by atoms with Gasteiger partial charge >= 0.3 is 0 Å². The van der Waals surface area contributed by atoms with Gasteiger partial charge in [-0.05, 0) is 31.2 Å². The Labute approximate surface area is 140 Å². The van der Waals surface area contributed by atoms with Crippen molar-refractivity contribution in [1.29, 1.82) is 0 Å². The van der Waals surface area contributed by atoms with Crippen LogP contribution >= 0.6 is 0 Å². The first-order chi connectivity index (χ1) is 11.7. The molecule has 2 aromatic heterocycles. The van der Waals surface area contributed by atoms with Gasteiger partial charge in [0.2, 0.25) is 11.7 Å². The highest BCUT2D eigenvalue weighted by Crippen LogP contribution is 2.26. The molecule has 1 saturated heterocycles. The van der Waals surface area contributed by atoms with Crippen LogP contribution in [0, 0.1) is 5.92 Å². The third-order valence-corrected chi connectivity index (χ3v) is 4.87. The molecule has 1 aliphatic heterocycles. The molecule has 4 rings (SSSR count). The molecule has 3 aromatic rings. The summed E-state index contributed by atoms with van der Waals surface area (Å²) in [6, 6.07) is 6.11. The number of fused-ring (bicyclic) bond motifs is 1. The van der Waals surface area contributed by atoms with E-state index in [1.54, 1.807) is 0 Å². The molecule has 0 saturated carbocycles. The van der Waals surface area contributed by atoms with Gasteiger partial charge in [0.25, 0.3) is 0 Å². The molecule has 0 bridgehead atoms. The molecule has 3 heterocycles. The molecule has 1 aliphatic rings. The molecule has 0 aliphatic carbocycles. The van der Waals surface area contributed by atoms with Gasteiger partial charge in [-0.2, -0.15) is 10.1 Å². The molecule has 1 fully saturated rings. The quantitative estimate of drug-likeness (QED) is 0.735. The fraction of sp³-hybridized carbons (Fsp3) is 0.500. The smallest absolute Gasteiger partial charge is 0.227 e. The summed E-state index contributed by atoms with van der Waals surface area (Å²) in [6.45, 7) is 3.01. The summed E-state index contributed by atoms with van der Waals surface area (Å²) in [4.78, 5) is 4.60. The van der Waals surface area contributed by atoms with Gasteiger partial charge in [0.15, 0.2) is 0 Å². The topological polar surface area (TPSA) is 66.0 Å². The van der Waals surface area contributed by atoms with Gasteiger partial charge in [0.05, 0.1) is 17.8 Å². The number of nitrogens with zero attached hydrogens (tertiary/aromatic N) is 4. The number of aryl methyl sites for hydroxylation is 1. The van der Waals surface area contributed by atoms with E-state index >= 15 is 0 Å². The zero-order valence-electron chi connectivity index (χ0n) is 14.1. The summed E-state index contributed by atoms with van der Waals surface area (Å²) in [5.74, 6) is 1.93. The van der Waals surface area contributed by atoms with Gasteiger partial charge < -0.3 is 9.26 Å². The molecule has 126 valence electrons. The summed E-state index contributed by atoms with van der Waals surface area (Å²) >= 11 is 0. The average molecular weight is 326 g/mol. The SMILES string of the molecule is CC[C@@H]1C[C@H](Cc2nc(-c3ccc4cnn(C)c4c3)no2)CCO1. The number of rotatable bonds is 4.